The largest absolute Gasteiger partial charge is 0.478 e. The summed E-state index contributed by atoms with van der Waals surface area (Å²) in [4.78, 5) is 11.0. The highest BCUT2D eigenvalue weighted by molar-refractivity contribution is 5.97. The predicted molar refractivity (Wildman–Crippen MR) is 72.2 cm³/mol. The van der Waals surface area contributed by atoms with E-state index in [1.807, 2.05) is 0 Å². The minimum absolute atomic E-state index is 0.0313. The minimum Gasteiger partial charge on any atom is -0.478 e. The second-order valence-corrected chi connectivity index (χ2v) is 4.16. The van der Waals surface area contributed by atoms with Crippen LogP contribution < -0.4 is 11.1 Å². The first kappa shape index (κ1) is 12.9. The number of carbonyl (C=O) groups is 1. The van der Waals surface area contributed by atoms with Crippen LogP contribution in [0.25, 0.3) is 0 Å². The van der Waals surface area contributed by atoms with Gasteiger partial charge >= 0.3 is 5.97 Å². The van der Waals surface area contributed by atoms with Gasteiger partial charge in [0.15, 0.2) is 0 Å². The van der Waals surface area contributed by atoms with Gasteiger partial charge in [-0.2, -0.15) is 0 Å². The van der Waals surface area contributed by atoms with Crippen molar-refractivity contribution in [2.75, 3.05) is 11.1 Å². The number of para-hydroxylation sites is 1. The second kappa shape index (κ2) is 4.97. The van der Waals surface area contributed by atoms with Crippen molar-refractivity contribution in [2.24, 2.45) is 0 Å². The Kier molecular flexibility index (Phi) is 3.37. The molecule has 2 aromatic rings. The molecule has 0 aliphatic heterocycles. The van der Waals surface area contributed by atoms with E-state index < -0.39 is 5.97 Å². The molecular formula is C14H13FN2O2. The van der Waals surface area contributed by atoms with Gasteiger partial charge in [0.25, 0.3) is 0 Å². The van der Waals surface area contributed by atoms with E-state index in [4.69, 9.17) is 10.8 Å². The molecule has 0 saturated carbocycles. The van der Waals surface area contributed by atoms with Gasteiger partial charge < -0.3 is 16.2 Å². The molecule has 0 radical (unpaired) electrons. The van der Waals surface area contributed by atoms with E-state index in [1.54, 1.807) is 31.2 Å². The molecule has 0 amide bonds. The first-order valence-corrected chi connectivity index (χ1v) is 5.64. The fraction of sp³-hybridized carbons (Fsp3) is 0.0714. The lowest BCUT2D eigenvalue weighted by molar-refractivity contribution is 0.0698. The Morgan fingerprint density at radius 3 is 2.68 bits per heavy atom. The number of carboxylic acids is 1. The van der Waals surface area contributed by atoms with Gasteiger partial charge in [0.05, 0.1) is 16.9 Å². The number of carboxylic acid groups (broad SMARTS) is 1. The molecule has 2 aromatic carbocycles. The highest BCUT2D eigenvalue weighted by Gasteiger charge is 2.11. The molecule has 0 saturated heterocycles. The van der Waals surface area contributed by atoms with Crippen LogP contribution in [0, 0.1) is 12.7 Å². The first-order valence-electron chi connectivity index (χ1n) is 5.64. The van der Waals surface area contributed by atoms with Crippen molar-refractivity contribution in [3.05, 3.63) is 53.3 Å². The summed E-state index contributed by atoms with van der Waals surface area (Å²) in [5, 5.41) is 12.0. The number of nitrogens with two attached hydrogens (primary N) is 1. The third kappa shape index (κ3) is 2.65. The summed E-state index contributed by atoms with van der Waals surface area (Å²) in [5.74, 6) is -1.38. The number of nitrogen functional groups attached to an aromatic ring is 1. The Bertz CT molecular complexity index is 641. The van der Waals surface area contributed by atoms with E-state index in [0.29, 0.717) is 16.9 Å². The second-order valence-electron chi connectivity index (χ2n) is 4.16. The molecule has 0 atom stereocenters. The maximum Gasteiger partial charge on any atom is 0.337 e. The molecule has 0 heterocycles. The van der Waals surface area contributed by atoms with Gasteiger partial charge in [-0.1, -0.05) is 6.07 Å². The molecule has 0 spiro atoms. The molecular weight excluding hydrogens is 247 g/mol. The molecule has 4 nitrogen and oxygen atoms in total. The molecule has 0 aromatic heterocycles. The molecule has 0 unspecified atom stereocenters. The maximum absolute atomic E-state index is 13.2. The predicted octanol–water partition coefficient (Wildman–Crippen LogP) is 3.16. The van der Waals surface area contributed by atoms with Crippen LogP contribution in [0.5, 0.6) is 0 Å². The van der Waals surface area contributed by atoms with Crippen molar-refractivity contribution in [3.8, 4) is 0 Å². The standard InChI is InChI=1S/C14H13FN2O2/c1-8-7-9(5-6-11(8)15)17-12-4-2-3-10(13(12)16)14(18)19/h2-7,17H,16H2,1H3,(H,18,19). The average molecular weight is 260 g/mol. The van der Waals surface area contributed by atoms with Crippen LogP contribution in [0.1, 0.15) is 15.9 Å². The summed E-state index contributed by atoms with van der Waals surface area (Å²) in [6.07, 6.45) is 0. The number of benzene rings is 2. The van der Waals surface area contributed by atoms with Gasteiger partial charge in [0.2, 0.25) is 0 Å². The minimum atomic E-state index is -1.09. The van der Waals surface area contributed by atoms with Crippen molar-refractivity contribution in [2.45, 2.75) is 6.92 Å². The maximum atomic E-state index is 13.2. The molecule has 4 N–H and O–H groups in total. The quantitative estimate of drug-likeness (QED) is 0.741. The summed E-state index contributed by atoms with van der Waals surface area (Å²) in [6, 6.07) is 9.23. The number of aromatic carboxylic acids is 1. The van der Waals surface area contributed by atoms with Crippen LogP contribution in [0.4, 0.5) is 21.5 Å². The fourth-order valence-electron chi connectivity index (χ4n) is 1.74. The van der Waals surface area contributed by atoms with Crippen LogP contribution in [0.3, 0.4) is 0 Å². The van der Waals surface area contributed by atoms with Gasteiger partial charge in [0, 0.05) is 5.69 Å². The van der Waals surface area contributed by atoms with Crippen molar-refractivity contribution in [3.63, 3.8) is 0 Å². The number of halogens is 1. The molecule has 0 aliphatic carbocycles. The summed E-state index contributed by atoms with van der Waals surface area (Å²) < 4.78 is 13.2. The fourth-order valence-corrected chi connectivity index (χ4v) is 1.74. The van der Waals surface area contributed by atoms with Crippen LogP contribution in [-0.2, 0) is 0 Å². The highest BCUT2D eigenvalue weighted by atomic mass is 19.1. The van der Waals surface area contributed by atoms with Crippen molar-refractivity contribution in [1.29, 1.82) is 0 Å². The van der Waals surface area contributed by atoms with Crippen molar-refractivity contribution >= 4 is 23.0 Å². The molecule has 2 rings (SSSR count). The van der Waals surface area contributed by atoms with Crippen LogP contribution in [-0.4, -0.2) is 11.1 Å². The molecule has 0 aliphatic rings. The molecule has 5 heteroatoms. The number of hydrogen-bond acceptors (Lipinski definition) is 3. The van der Waals surface area contributed by atoms with E-state index in [-0.39, 0.29) is 17.1 Å². The third-order valence-electron chi connectivity index (χ3n) is 2.77. The number of hydrogen-bond donors (Lipinski definition) is 3. The lowest BCUT2D eigenvalue weighted by Gasteiger charge is -2.11. The smallest absolute Gasteiger partial charge is 0.337 e. The van der Waals surface area contributed by atoms with Crippen molar-refractivity contribution < 1.29 is 14.3 Å². The van der Waals surface area contributed by atoms with Gasteiger partial charge in [-0.3, -0.25) is 0 Å². The Labute approximate surface area is 109 Å². The number of rotatable bonds is 3. The lowest BCUT2D eigenvalue weighted by atomic mass is 10.1. The third-order valence-corrected chi connectivity index (χ3v) is 2.77. The lowest BCUT2D eigenvalue weighted by Crippen LogP contribution is -2.05. The topological polar surface area (TPSA) is 75.3 Å². The van der Waals surface area contributed by atoms with E-state index in [2.05, 4.69) is 5.32 Å². The van der Waals surface area contributed by atoms with Crippen LogP contribution >= 0.6 is 0 Å². The zero-order valence-electron chi connectivity index (χ0n) is 10.3. The SMILES string of the molecule is Cc1cc(Nc2cccc(C(=O)O)c2N)ccc1F. The Morgan fingerprint density at radius 1 is 1.32 bits per heavy atom. The number of nitrogens with one attached hydrogen (secondary N) is 1. The Hall–Kier alpha value is -2.56. The molecule has 19 heavy (non-hydrogen) atoms. The average Bonchev–Trinajstić information content (AvgIpc) is 2.36. The van der Waals surface area contributed by atoms with E-state index in [9.17, 15) is 9.18 Å². The summed E-state index contributed by atoms with van der Waals surface area (Å²) in [7, 11) is 0. The van der Waals surface area contributed by atoms with Crippen LogP contribution in [0.2, 0.25) is 0 Å². The van der Waals surface area contributed by atoms with E-state index >= 15 is 0 Å². The summed E-state index contributed by atoms with van der Waals surface area (Å²) in [6.45, 7) is 1.65. The first-order chi connectivity index (χ1) is 8.99. The van der Waals surface area contributed by atoms with E-state index in [1.165, 1.54) is 12.1 Å². The summed E-state index contributed by atoms with van der Waals surface area (Å²) >= 11 is 0. The number of aryl methyl sites for hydroxylation is 1. The number of anilines is 3. The Balaban J connectivity index is 2.35. The summed E-state index contributed by atoms with van der Waals surface area (Å²) in [5.41, 5.74) is 7.59. The molecule has 0 fully saturated rings. The van der Waals surface area contributed by atoms with Crippen molar-refractivity contribution in [1.82, 2.24) is 0 Å². The zero-order chi connectivity index (χ0) is 14.0. The normalized spacial score (nSPS) is 10.2. The van der Waals surface area contributed by atoms with Gasteiger partial charge in [-0.05, 0) is 42.8 Å². The zero-order valence-corrected chi connectivity index (χ0v) is 10.3. The van der Waals surface area contributed by atoms with E-state index in [0.717, 1.165) is 0 Å². The van der Waals surface area contributed by atoms with Crippen LogP contribution in [0.15, 0.2) is 36.4 Å². The Morgan fingerprint density at radius 2 is 2.05 bits per heavy atom. The molecule has 98 valence electrons. The van der Waals surface area contributed by atoms with Gasteiger partial charge in [-0.15, -0.1) is 0 Å². The highest BCUT2D eigenvalue weighted by Crippen LogP contribution is 2.27. The monoisotopic (exact) mass is 260 g/mol. The van der Waals surface area contributed by atoms with Gasteiger partial charge in [-0.25, -0.2) is 9.18 Å². The van der Waals surface area contributed by atoms with Gasteiger partial charge in [0.1, 0.15) is 5.82 Å². The molecule has 0 bridgehead atoms.